The Hall–Kier alpha value is -0.970. The summed E-state index contributed by atoms with van der Waals surface area (Å²) in [6.45, 7) is 5.92. The second kappa shape index (κ2) is 7.46. The predicted octanol–water partition coefficient (Wildman–Crippen LogP) is 0.981. The maximum atomic E-state index is 5.46. The van der Waals surface area contributed by atoms with Crippen LogP contribution in [-0.2, 0) is 11.2 Å². The van der Waals surface area contributed by atoms with E-state index >= 15 is 0 Å². The van der Waals surface area contributed by atoms with Crippen LogP contribution >= 0.6 is 0 Å². The molecule has 4 nitrogen and oxygen atoms in total. The van der Waals surface area contributed by atoms with Gasteiger partial charge in [-0.3, -0.25) is 4.98 Å². The van der Waals surface area contributed by atoms with Crippen molar-refractivity contribution in [3.8, 4) is 0 Å². The molecule has 2 rings (SSSR count). The molecule has 2 heterocycles. The number of pyridine rings is 1. The molecule has 0 radical (unpaired) electrons. The van der Waals surface area contributed by atoms with E-state index in [1.54, 1.807) is 0 Å². The Morgan fingerprint density at radius 3 is 3.06 bits per heavy atom. The van der Waals surface area contributed by atoms with Crippen LogP contribution in [0.3, 0.4) is 0 Å². The van der Waals surface area contributed by atoms with E-state index in [4.69, 9.17) is 4.74 Å². The molecule has 1 aliphatic heterocycles. The largest absolute Gasteiger partial charge is 0.379 e. The van der Waals surface area contributed by atoms with Crippen LogP contribution in [0, 0.1) is 0 Å². The van der Waals surface area contributed by atoms with E-state index in [1.165, 1.54) is 5.56 Å². The van der Waals surface area contributed by atoms with Crippen LogP contribution in [-0.4, -0.2) is 43.4 Å². The Labute approximate surface area is 109 Å². The first kappa shape index (κ1) is 13.5. The first-order chi connectivity index (χ1) is 8.84. The molecule has 1 aliphatic rings. The minimum atomic E-state index is 0.502. The van der Waals surface area contributed by atoms with Gasteiger partial charge in [-0.25, -0.2) is 0 Å². The molecule has 0 aliphatic carbocycles. The Bertz CT molecular complexity index is 325. The summed E-state index contributed by atoms with van der Waals surface area (Å²) in [6, 6.07) is 5.17. The fourth-order valence-electron chi connectivity index (χ4n) is 2.29. The molecule has 1 aromatic rings. The van der Waals surface area contributed by atoms with Crippen molar-refractivity contribution in [1.82, 2.24) is 15.6 Å². The molecule has 0 bridgehead atoms. The lowest BCUT2D eigenvalue weighted by molar-refractivity contribution is 0.0713. The Balaban J connectivity index is 1.61. The molecular weight excluding hydrogens is 226 g/mol. The Morgan fingerprint density at radius 1 is 1.50 bits per heavy atom. The summed E-state index contributed by atoms with van der Waals surface area (Å²) in [5.41, 5.74) is 1.34. The number of hydrogen-bond acceptors (Lipinski definition) is 4. The summed E-state index contributed by atoms with van der Waals surface area (Å²) in [7, 11) is 0. The van der Waals surface area contributed by atoms with Crippen LogP contribution < -0.4 is 10.6 Å². The fourth-order valence-corrected chi connectivity index (χ4v) is 2.29. The standard InChI is InChI=1S/C14H23N3O/c1-12(10-14-11-18-9-8-17-14)16-7-4-13-2-5-15-6-3-13/h2-3,5-6,12,14,16-17H,4,7-11H2,1H3. The summed E-state index contributed by atoms with van der Waals surface area (Å²) in [5.74, 6) is 0. The minimum absolute atomic E-state index is 0.502. The Kier molecular flexibility index (Phi) is 5.58. The van der Waals surface area contributed by atoms with Gasteiger partial charge in [0.2, 0.25) is 0 Å². The molecule has 1 saturated heterocycles. The molecular formula is C14H23N3O. The Morgan fingerprint density at radius 2 is 2.33 bits per heavy atom. The third-order valence-electron chi connectivity index (χ3n) is 3.29. The van der Waals surface area contributed by atoms with E-state index in [-0.39, 0.29) is 0 Å². The first-order valence-electron chi connectivity index (χ1n) is 6.78. The molecule has 0 amide bonds. The van der Waals surface area contributed by atoms with Gasteiger partial charge in [0, 0.05) is 31.0 Å². The number of rotatable bonds is 6. The highest BCUT2D eigenvalue weighted by Crippen LogP contribution is 2.03. The van der Waals surface area contributed by atoms with Gasteiger partial charge in [-0.1, -0.05) is 0 Å². The maximum Gasteiger partial charge on any atom is 0.0620 e. The summed E-state index contributed by atoms with van der Waals surface area (Å²) in [4.78, 5) is 4.02. The third-order valence-corrected chi connectivity index (χ3v) is 3.29. The highest BCUT2D eigenvalue weighted by Gasteiger charge is 2.15. The van der Waals surface area contributed by atoms with Crippen molar-refractivity contribution in [3.05, 3.63) is 30.1 Å². The second-order valence-electron chi connectivity index (χ2n) is 4.92. The number of aromatic nitrogens is 1. The van der Waals surface area contributed by atoms with Crippen molar-refractivity contribution < 1.29 is 4.74 Å². The van der Waals surface area contributed by atoms with E-state index in [2.05, 4.69) is 34.7 Å². The number of hydrogen-bond donors (Lipinski definition) is 2. The van der Waals surface area contributed by atoms with Gasteiger partial charge in [-0.15, -0.1) is 0 Å². The van der Waals surface area contributed by atoms with Crippen molar-refractivity contribution in [2.24, 2.45) is 0 Å². The number of nitrogens with zero attached hydrogens (tertiary/aromatic N) is 1. The van der Waals surface area contributed by atoms with Gasteiger partial charge in [-0.05, 0) is 44.0 Å². The quantitative estimate of drug-likeness (QED) is 0.789. The SMILES string of the molecule is CC(CC1COCCN1)NCCc1ccncc1. The van der Waals surface area contributed by atoms with E-state index in [0.717, 1.165) is 39.1 Å². The lowest BCUT2D eigenvalue weighted by atomic mass is 10.1. The first-order valence-corrected chi connectivity index (χ1v) is 6.78. The van der Waals surface area contributed by atoms with E-state index in [9.17, 15) is 0 Å². The van der Waals surface area contributed by atoms with Crippen LogP contribution in [0.1, 0.15) is 18.9 Å². The van der Waals surface area contributed by atoms with Gasteiger partial charge in [0.05, 0.1) is 13.2 Å². The van der Waals surface area contributed by atoms with Crippen LogP contribution in [0.4, 0.5) is 0 Å². The summed E-state index contributed by atoms with van der Waals surface area (Å²) < 4.78 is 5.46. The van der Waals surface area contributed by atoms with Gasteiger partial charge >= 0.3 is 0 Å². The predicted molar refractivity (Wildman–Crippen MR) is 72.6 cm³/mol. The fraction of sp³-hybridized carbons (Fsp3) is 0.643. The van der Waals surface area contributed by atoms with Gasteiger partial charge in [0.15, 0.2) is 0 Å². The highest BCUT2D eigenvalue weighted by molar-refractivity contribution is 5.09. The average molecular weight is 249 g/mol. The zero-order chi connectivity index (χ0) is 12.6. The summed E-state index contributed by atoms with van der Waals surface area (Å²) in [6.07, 6.45) is 5.88. The lowest BCUT2D eigenvalue weighted by Crippen LogP contribution is -2.45. The highest BCUT2D eigenvalue weighted by atomic mass is 16.5. The number of ether oxygens (including phenoxy) is 1. The van der Waals surface area contributed by atoms with Crippen molar-refractivity contribution in [2.45, 2.75) is 31.8 Å². The van der Waals surface area contributed by atoms with Crippen LogP contribution in [0.15, 0.2) is 24.5 Å². The van der Waals surface area contributed by atoms with Gasteiger partial charge in [0.1, 0.15) is 0 Å². The van der Waals surface area contributed by atoms with Gasteiger partial charge in [-0.2, -0.15) is 0 Å². The minimum Gasteiger partial charge on any atom is -0.379 e. The van der Waals surface area contributed by atoms with Crippen LogP contribution in [0.5, 0.6) is 0 Å². The van der Waals surface area contributed by atoms with Crippen molar-refractivity contribution in [3.63, 3.8) is 0 Å². The zero-order valence-corrected chi connectivity index (χ0v) is 11.1. The van der Waals surface area contributed by atoms with Crippen molar-refractivity contribution in [2.75, 3.05) is 26.3 Å². The molecule has 100 valence electrons. The third kappa shape index (κ3) is 4.72. The topological polar surface area (TPSA) is 46.2 Å². The summed E-state index contributed by atoms with van der Waals surface area (Å²) >= 11 is 0. The normalized spacial score (nSPS) is 21.7. The smallest absolute Gasteiger partial charge is 0.0620 e. The molecule has 1 aromatic heterocycles. The van der Waals surface area contributed by atoms with Crippen molar-refractivity contribution >= 4 is 0 Å². The second-order valence-corrected chi connectivity index (χ2v) is 4.92. The van der Waals surface area contributed by atoms with Crippen molar-refractivity contribution in [1.29, 1.82) is 0 Å². The number of morpholine rings is 1. The van der Waals surface area contributed by atoms with E-state index in [0.29, 0.717) is 12.1 Å². The van der Waals surface area contributed by atoms with E-state index in [1.807, 2.05) is 12.4 Å². The molecule has 0 spiro atoms. The maximum absolute atomic E-state index is 5.46. The monoisotopic (exact) mass is 249 g/mol. The van der Waals surface area contributed by atoms with Crippen LogP contribution in [0.2, 0.25) is 0 Å². The van der Waals surface area contributed by atoms with Gasteiger partial charge in [0.25, 0.3) is 0 Å². The zero-order valence-electron chi connectivity index (χ0n) is 11.1. The molecule has 4 heteroatoms. The number of nitrogens with one attached hydrogen (secondary N) is 2. The molecule has 0 aromatic carbocycles. The van der Waals surface area contributed by atoms with Crippen LogP contribution in [0.25, 0.3) is 0 Å². The van der Waals surface area contributed by atoms with Gasteiger partial charge < -0.3 is 15.4 Å². The summed E-state index contributed by atoms with van der Waals surface area (Å²) in [5, 5.41) is 7.05. The molecule has 2 N–H and O–H groups in total. The molecule has 0 saturated carbocycles. The molecule has 1 fully saturated rings. The lowest BCUT2D eigenvalue weighted by Gasteiger charge is -2.26. The molecule has 18 heavy (non-hydrogen) atoms. The molecule has 2 atom stereocenters. The average Bonchev–Trinajstić information content (AvgIpc) is 2.41. The van der Waals surface area contributed by atoms with E-state index < -0.39 is 0 Å². The molecule has 2 unspecified atom stereocenters.